The van der Waals surface area contributed by atoms with Crippen molar-refractivity contribution in [1.82, 2.24) is 5.32 Å². The summed E-state index contributed by atoms with van der Waals surface area (Å²) in [5, 5.41) is 11.5. The molecule has 1 atom stereocenters. The first-order chi connectivity index (χ1) is 8.92. The predicted octanol–water partition coefficient (Wildman–Crippen LogP) is 1.28. The molecule has 1 aromatic rings. The number of amides is 1. The molecule has 19 heavy (non-hydrogen) atoms. The number of aliphatic carboxylic acids is 1. The van der Waals surface area contributed by atoms with Crippen molar-refractivity contribution in [3.05, 3.63) is 35.4 Å². The number of rotatable bonds is 3. The summed E-state index contributed by atoms with van der Waals surface area (Å²) in [6.45, 7) is 3.35. The van der Waals surface area contributed by atoms with Crippen LogP contribution in [0.25, 0.3) is 0 Å². The van der Waals surface area contributed by atoms with E-state index in [1.165, 1.54) is 13.8 Å². The lowest BCUT2D eigenvalue weighted by Gasteiger charge is -2.28. The summed E-state index contributed by atoms with van der Waals surface area (Å²) in [6, 6.07) is 7.56. The van der Waals surface area contributed by atoms with Gasteiger partial charge in [-0.3, -0.25) is 4.79 Å². The van der Waals surface area contributed by atoms with Gasteiger partial charge in [0.1, 0.15) is 5.54 Å². The molecule has 0 saturated carbocycles. The van der Waals surface area contributed by atoms with E-state index in [2.05, 4.69) is 5.32 Å². The van der Waals surface area contributed by atoms with Crippen LogP contribution in [-0.2, 0) is 20.7 Å². The number of ether oxygens (including phenoxy) is 1. The summed E-state index contributed by atoms with van der Waals surface area (Å²) in [6.07, 6.45) is 0.0333. The number of hydrogen-bond acceptors (Lipinski definition) is 3. The number of carboxylic acids is 1. The highest BCUT2D eigenvalue weighted by molar-refractivity contribution is 5.89. The molecule has 1 aliphatic rings. The Labute approximate surface area is 111 Å². The molecule has 0 spiro atoms. The summed E-state index contributed by atoms with van der Waals surface area (Å²) < 4.78 is 5.49. The van der Waals surface area contributed by atoms with Crippen LogP contribution in [0.3, 0.4) is 0 Å². The van der Waals surface area contributed by atoms with Crippen LogP contribution < -0.4 is 5.32 Å². The molecular formula is C14H17NO4. The van der Waals surface area contributed by atoms with Gasteiger partial charge in [0.25, 0.3) is 5.91 Å². The van der Waals surface area contributed by atoms with Crippen LogP contribution in [0.5, 0.6) is 0 Å². The number of nitrogens with one attached hydrogen (secondary N) is 1. The number of carboxylic acid groups (broad SMARTS) is 1. The smallest absolute Gasteiger partial charge is 0.328 e. The van der Waals surface area contributed by atoms with Crippen molar-refractivity contribution in [3.63, 3.8) is 0 Å². The molecule has 1 amide bonds. The third-order valence-corrected chi connectivity index (χ3v) is 3.20. The van der Waals surface area contributed by atoms with E-state index in [1.54, 1.807) is 0 Å². The second-order valence-corrected chi connectivity index (χ2v) is 5.12. The van der Waals surface area contributed by atoms with Crippen molar-refractivity contribution in [2.75, 3.05) is 6.61 Å². The van der Waals surface area contributed by atoms with Gasteiger partial charge in [-0.05, 0) is 31.4 Å². The van der Waals surface area contributed by atoms with E-state index < -0.39 is 23.5 Å². The summed E-state index contributed by atoms with van der Waals surface area (Å²) in [7, 11) is 0. The first-order valence-corrected chi connectivity index (χ1v) is 6.16. The molecule has 5 nitrogen and oxygen atoms in total. The monoisotopic (exact) mass is 263 g/mol. The Hall–Kier alpha value is -1.88. The predicted molar refractivity (Wildman–Crippen MR) is 68.7 cm³/mol. The van der Waals surface area contributed by atoms with Gasteiger partial charge in [0.2, 0.25) is 0 Å². The number of fused-ring (bicyclic) bond motifs is 1. The normalized spacial score (nSPS) is 18.5. The topological polar surface area (TPSA) is 75.6 Å². The van der Waals surface area contributed by atoms with E-state index in [0.29, 0.717) is 6.61 Å². The molecule has 1 heterocycles. The van der Waals surface area contributed by atoms with Crippen molar-refractivity contribution in [2.24, 2.45) is 0 Å². The van der Waals surface area contributed by atoms with Crippen LogP contribution in [-0.4, -0.2) is 29.1 Å². The molecule has 1 aliphatic heterocycles. The molecule has 0 radical (unpaired) electrons. The molecular weight excluding hydrogens is 246 g/mol. The van der Waals surface area contributed by atoms with Crippen LogP contribution in [0.2, 0.25) is 0 Å². The molecule has 0 fully saturated rings. The minimum absolute atomic E-state index is 0.417. The zero-order valence-electron chi connectivity index (χ0n) is 11.0. The van der Waals surface area contributed by atoms with E-state index in [4.69, 9.17) is 9.84 Å². The molecule has 102 valence electrons. The molecule has 5 heteroatoms. The van der Waals surface area contributed by atoms with E-state index in [-0.39, 0.29) is 0 Å². The van der Waals surface area contributed by atoms with Crippen molar-refractivity contribution in [3.8, 4) is 0 Å². The van der Waals surface area contributed by atoms with Gasteiger partial charge in [0.15, 0.2) is 6.10 Å². The Morgan fingerprint density at radius 3 is 2.74 bits per heavy atom. The van der Waals surface area contributed by atoms with Gasteiger partial charge in [-0.25, -0.2) is 4.79 Å². The Bertz CT molecular complexity index is 510. The molecule has 0 bridgehead atoms. The number of hydrogen-bond donors (Lipinski definition) is 2. The van der Waals surface area contributed by atoms with Crippen molar-refractivity contribution >= 4 is 11.9 Å². The summed E-state index contributed by atoms with van der Waals surface area (Å²) >= 11 is 0. The third-order valence-electron chi connectivity index (χ3n) is 3.20. The summed E-state index contributed by atoms with van der Waals surface area (Å²) in [5.74, 6) is -1.50. The molecule has 2 rings (SSSR count). The van der Waals surface area contributed by atoms with Crippen LogP contribution in [0.15, 0.2) is 24.3 Å². The van der Waals surface area contributed by atoms with E-state index >= 15 is 0 Å². The van der Waals surface area contributed by atoms with Gasteiger partial charge >= 0.3 is 5.97 Å². The van der Waals surface area contributed by atoms with Crippen LogP contribution in [0.1, 0.15) is 31.1 Å². The first-order valence-electron chi connectivity index (χ1n) is 6.16. The largest absolute Gasteiger partial charge is 0.480 e. The standard InChI is InChI=1S/C14H17NO4/c1-14(2,13(17)18)15-12(16)11-10-6-4-3-5-9(10)7-8-19-11/h3-6,11H,7-8H2,1-2H3,(H,15,16)(H,17,18)/t11-/m1/s1. The highest BCUT2D eigenvalue weighted by Gasteiger charge is 2.34. The highest BCUT2D eigenvalue weighted by Crippen LogP contribution is 2.27. The minimum atomic E-state index is -1.31. The maximum Gasteiger partial charge on any atom is 0.328 e. The van der Waals surface area contributed by atoms with Gasteiger partial charge in [0.05, 0.1) is 6.61 Å². The van der Waals surface area contributed by atoms with Gasteiger partial charge in [0, 0.05) is 0 Å². The molecule has 0 saturated heterocycles. The molecule has 2 N–H and O–H groups in total. The van der Waals surface area contributed by atoms with Crippen LogP contribution in [0, 0.1) is 0 Å². The number of benzene rings is 1. The van der Waals surface area contributed by atoms with E-state index in [1.807, 2.05) is 24.3 Å². The van der Waals surface area contributed by atoms with Crippen LogP contribution in [0.4, 0.5) is 0 Å². The van der Waals surface area contributed by atoms with Crippen molar-refractivity contribution in [1.29, 1.82) is 0 Å². The lowest BCUT2D eigenvalue weighted by atomic mass is 9.96. The average molecular weight is 263 g/mol. The Balaban J connectivity index is 2.20. The SMILES string of the molecule is CC(C)(NC(=O)[C@@H]1OCCc2ccccc21)C(=O)O. The fourth-order valence-corrected chi connectivity index (χ4v) is 2.04. The lowest BCUT2D eigenvalue weighted by Crippen LogP contribution is -2.51. The molecule has 0 aliphatic carbocycles. The molecule has 1 aromatic carbocycles. The van der Waals surface area contributed by atoms with Gasteiger partial charge in [-0.15, -0.1) is 0 Å². The Morgan fingerprint density at radius 1 is 1.37 bits per heavy atom. The maximum absolute atomic E-state index is 12.2. The third kappa shape index (κ3) is 2.76. The van der Waals surface area contributed by atoms with E-state index in [0.717, 1.165) is 17.5 Å². The van der Waals surface area contributed by atoms with Gasteiger partial charge in [-0.2, -0.15) is 0 Å². The van der Waals surface area contributed by atoms with E-state index in [9.17, 15) is 9.59 Å². The Kier molecular flexibility index (Phi) is 3.57. The zero-order chi connectivity index (χ0) is 14.0. The van der Waals surface area contributed by atoms with Gasteiger partial charge in [-0.1, -0.05) is 24.3 Å². The Morgan fingerprint density at radius 2 is 2.05 bits per heavy atom. The highest BCUT2D eigenvalue weighted by atomic mass is 16.5. The molecule has 0 unspecified atom stereocenters. The van der Waals surface area contributed by atoms with Crippen molar-refractivity contribution in [2.45, 2.75) is 31.9 Å². The fourth-order valence-electron chi connectivity index (χ4n) is 2.04. The second-order valence-electron chi connectivity index (χ2n) is 5.12. The zero-order valence-corrected chi connectivity index (χ0v) is 11.0. The van der Waals surface area contributed by atoms with Gasteiger partial charge < -0.3 is 15.2 Å². The first kappa shape index (κ1) is 13.5. The fraction of sp³-hybridized carbons (Fsp3) is 0.429. The number of carbonyl (C=O) groups excluding carboxylic acids is 1. The van der Waals surface area contributed by atoms with Crippen LogP contribution >= 0.6 is 0 Å². The minimum Gasteiger partial charge on any atom is -0.480 e. The number of carbonyl (C=O) groups is 2. The lowest BCUT2D eigenvalue weighted by molar-refractivity contribution is -0.149. The average Bonchev–Trinajstić information content (AvgIpc) is 2.37. The van der Waals surface area contributed by atoms with Crippen molar-refractivity contribution < 1.29 is 19.4 Å². The summed E-state index contributed by atoms with van der Waals surface area (Å²) in [5.41, 5.74) is 0.571. The second kappa shape index (κ2) is 5.01. The maximum atomic E-state index is 12.2. The summed E-state index contributed by atoms with van der Waals surface area (Å²) in [4.78, 5) is 23.2. The quantitative estimate of drug-likeness (QED) is 0.861. The molecule has 0 aromatic heterocycles.